The van der Waals surface area contributed by atoms with E-state index in [0.29, 0.717) is 17.8 Å². The van der Waals surface area contributed by atoms with Crippen LogP contribution in [-0.4, -0.2) is 48.9 Å². The van der Waals surface area contributed by atoms with E-state index in [1.807, 2.05) is 0 Å². The summed E-state index contributed by atoms with van der Waals surface area (Å²) >= 11 is 6.07. The Kier molecular flexibility index (Phi) is 14.4. The van der Waals surface area contributed by atoms with Crippen molar-refractivity contribution in [1.29, 1.82) is 0 Å². The van der Waals surface area contributed by atoms with E-state index in [4.69, 9.17) is 11.6 Å². The molecule has 43 heavy (non-hydrogen) atoms. The van der Waals surface area contributed by atoms with Gasteiger partial charge in [-0.05, 0) is 55.5 Å². The van der Waals surface area contributed by atoms with E-state index in [1.165, 1.54) is 31.2 Å². The third-order valence-corrected chi connectivity index (χ3v) is 8.20. The summed E-state index contributed by atoms with van der Waals surface area (Å²) in [7, 11) is -16.2. The third kappa shape index (κ3) is 9.92. The zero-order valence-corrected chi connectivity index (χ0v) is 31.8. The molecule has 4 rings (SSSR count). The van der Waals surface area contributed by atoms with Gasteiger partial charge < -0.3 is 19.0 Å². The van der Waals surface area contributed by atoms with Crippen molar-refractivity contribution in [2.24, 2.45) is 10.2 Å². The van der Waals surface area contributed by atoms with Crippen molar-refractivity contribution in [3.8, 4) is 0 Å². The SMILES string of the molecule is Cc1nc(F)nc(Nc2ccc(N=Nc3cc(S(=O)(=O)[O-])c4cc(S(=O)(=O)[O-])cc(S(=O)(=O)[O-])c4c3)cc2)c1Cl.[Na+].[Na+].[Na+]. The molecule has 0 aliphatic heterocycles. The van der Waals surface area contributed by atoms with E-state index in [0.717, 1.165) is 6.07 Å². The Morgan fingerprint density at radius 3 is 1.79 bits per heavy atom. The molecule has 4 aromatic rings. The van der Waals surface area contributed by atoms with Crippen molar-refractivity contribution in [3.63, 3.8) is 0 Å². The van der Waals surface area contributed by atoms with Gasteiger partial charge in [-0.3, -0.25) is 0 Å². The fraction of sp³-hybridized carbons (Fsp3) is 0.0476. The van der Waals surface area contributed by atoms with E-state index in [-0.39, 0.29) is 117 Å². The number of azo groups is 1. The van der Waals surface area contributed by atoms with Gasteiger partial charge in [-0.15, -0.1) is 0 Å². The van der Waals surface area contributed by atoms with E-state index in [2.05, 4.69) is 25.5 Å². The maximum Gasteiger partial charge on any atom is 1.00 e. The number of halogens is 2. The van der Waals surface area contributed by atoms with Crippen molar-refractivity contribution in [2.45, 2.75) is 21.6 Å². The smallest absolute Gasteiger partial charge is 0.744 e. The van der Waals surface area contributed by atoms with Crippen LogP contribution >= 0.6 is 11.6 Å². The zero-order valence-electron chi connectivity index (χ0n) is 22.6. The molecule has 0 atom stereocenters. The Balaban J connectivity index is 0.00000308. The second-order valence-corrected chi connectivity index (χ2v) is 12.4. The number of nitrogens with one attached hydrogen (secondary N) is 1. The van der Waals surface area contributed by atoms with Crippen LogP contribution in [-0.2, 0) is 30.4 Å². The first-order chi connectivity index (χ1) is 18.4. The van der Waals surface area contributed by atoms with Crippen molar-refractivity contribution in [3.05, 3.63) is 65.3 Å². The van der Waals surface area contributed by atoms with Crippen LogP contribution < -0.4 is 94.0 Å². The van der Waals surface area contributed by atoms with Crippen LogP contribution in [0.2, 0.25) is 5.02 Å². The molecule has 0 amide bonds. The van der Waals surface area contributed by atoms with Crippen molar-refractivity contribution in [1.82, 2.24) is 9.97 Å². The molecule has 0 aliphatic rings. The van der Waals surface area contributed by atoms with Gasteiger partial charge in [-0.25, -0.2) is 30.2 Å². The Morgan fingerprint density at radius 1 is 0.744 bits per heavy atom. The fourth-order valence-electron chi connectivity index (χ4n) is 3.44. The minimum Gasteiger partial charge on any atom is -0.744 e. The maximum absolute atomic E-state index is 13.5. The van der Waals surface area contributed by atoms with Crippen LogP contribution in [0.15, 0.2) is 73.4 Å². The van der Waals surface area contributed by atoms with Gasteiger partial charge >= 0.3 is 94.8 Å². The largest absolute Gasteiger partial charge is 1.00 e. The van der Waals surface area contributed by atoms with E-state index < -0.39 is 67.6 Å². The first-order valence-electron chi connectivity index (χ1n) is 10.4. The van der Waals surface area contributed by atoms with Crippen LogP contribution in [0.4, 0.5) is 27.3 Å². The molecule has 1 N–H and O–H groups in total. The van der Waals surface area contributed by atoms with Crippen molar-refractivity contribution in [2.75, 3.05) is 5.32 Å². The summed E-state index contributed by atoms with van der Waals surface area (Å²) in [6.45, 7) is 1.48. The Morgan fingerprint density at radius 2 is 1.26 bits per heavy atom. The summed E-state index contributed by atoms with van der Waals surface area (Å²) in [5, 5.41) is 9.06. The molecular weight excluding hydrogens is 686 g/mol. The van der Waals surface area contributed by atoms with Gasteiger partial charge in [-0.2, -0.15) is 19.6 Å². The summed E-state index contributed by atoms with van der Waals surface area (Å²) in [4.78, 5) is 3.43. The number of hydrogen-bond acceptors (Lipinski definition) is 14. The van der Waals surface area contributed by atoms with Crippen molar-refractivity contribution >= 4 is 75.6 Å². The minimum atomic E-state index is -5.47. The number of aromatic nitrogens is 2. The predicted molar refractivity (Wildman–Crippen MR) is 133 cm³/mol. The molecule has 0 aliphatic carbocycles. The van der Waals surface area contributed by atoms with Gasteiger partial charge in [0.05, 0.1) is 31.8 Å². The molecule has 14 nitrogen and oxygen atoms in total. The van der Waals surface area contributed by atoms with Gasteiger partial charge in [0.1, 0.15) is 35.4 Å². The fourth-order valence-corrected chi connectivity index (χ4v) is 5.59. The second-order valence-electron chi connectivity index (χ2n) is 7.94. The molecular formula is C21H12ClFN5Na3O9S3. The van der Waals surface area contributed by atoms with Gasteiger partial charge in [0, 0.05) is 16.5 Å². The number of anilines is 2. The molecule has 22 heteroatoms. The van der Waals surface area contributed by atoms with Gasteiger partial charge in [0.15, 0.2) is 5.82 Å². The van der Waals surface area contributed by atoms with Crippen LogP contribution in [0.1, 0.15) is 5.69 Å². The normalized spacial score (nSPS) is 11.9. The molecule has 3 aromatic carbocycles. The van der Waals surface area contributed by atoms with Crippen molar-refractivity contribution < 1.29 is 132 Å². The number of aryl methyl sites for hydroxylation is 1. The monoisotopic (exact) mass is 697 g/mol. The minimum absolute atomic E-state index is 0. The van der Waals surface area contributed by atoms with Crippen LogP contribution in [0.3, 0.4) is 0 Å². The predicted octanol–water partition coefficient (Wildman–Crippen LogP) is -5.39. The first-order valence-corrected chi connectivity index (χ1v) is 15.0. The molecule has 1 aromatic heterocycles. The van der Waals surface area contributed by atoms with E-state index >= 15 is 0 Å². The van der Waals surface area contributed by atoms with E-state index in [9.17, 15) is 43.3 Å². The number of nitrogens with zero attached hydrogens (tertiary/aromatic N) is 4. The molecule has 0 spiro atoms. The molecule has 1 heterocycles. The standard InChI is InChI=1S/C21H15ClFN5O9S3.3Na/c1-10-19(22)20(26-21(23)24-10)25-11-2-4-12(5-3-11)27-28-13-6-15-16(17(7-13)39(32,33)34)8-14(38(29,30)31)9-18(15)40(35,36)37;;;/h2-9H,1H3,(H,24,25,26)(H,29,30,31)(H,32,33,34)(H,35,36,37);;;/q;3*+1/p-3. The summed E-state index contributed by atoms with van der Waals surface area (Å²) in [5.74, 6) is 0.000578. The molecule has 0 fully saturated rings. The molecule has 0 saturated carbocycles. The number of hydrogen-bond donors (Lipinski definition) is 1. The number of benzene rings is 3. The molecule has 0 bridgehead atoms. The number of fused-ring (bicyclic) bond motifs is 1. The van der Waals surface area contributed by atoms with Gasteiger partial charge in [0.2, 0.25) is 0 Å². The van der Waals surface area contributed by atoms with Gasteiger partial charge in [-0.1, -0.05) is 11.6 Å². The summed E-state index contributed by atoms with van der Waals surface area (Å²) in [6.07, 6.45) is -0.997. The molecule has 0 unspecified atom stereocenters. The average molecular weight is 698 g/mol. The third-order valence-electron chi connectivity index (χ3n) is 5.18. The summed E-state index contributed by atoms with van der Waals surface area (Å²) in [5.41, 5.74) is 0.372. The maximum atomic E-state index is 13.5. The average Bonchev–Trinajstić information content (AvgIpc) is 2.83. The first kappa shape index (κ1) is 40.4. The Labute approximate surface area is 316 Å². The van der Waals surface area contributed by atoms with Crippen LogP contribution in [0, 0.1) is 13.0 Å². The molecule has 0 radical (unpaired) electrons. The Hall–Kier alpha value is -0.650. The van der Waals surface area contributed by atoms with Crippen LogP contribution in [0.5, 0.6) is 0 Å². The molecule has 210 valence electrons. The number of rotatable bonds is 7. The quantitative estimate of drug-likeness (QED) is 0.0825. The summed E-state index contributed by atoms with van der Waals surface area (Å²) in [6, 6.07) is 8.05. The van der Waals surface area contributed by atoms with Crippen LogP contribution in [0.25, 0.3) is 10.8 Å². The summed E-state index contributed by atoms with van der Waals surface area (Å²) < 4.78 is 119. The zero-order chi connectivity index (χ0) is 29.6. The second kappa shape index (κ2) is 15.3. The Bertz CT molecular complexity index is 2050. The van der Waals surface area contributed by atoms with Gasteiger partial charge in [0.25, 0.3) is 0 Å². The van der Waals surface area contributed by atoms with E-state index in [1.54, 1.807) is 0 Å². The topological polar surface area (TPSA) is 234 Å². The molecule has 0 saturated heterocycles.